The molecule has 9 heteroatoms. The molecule has 0 saturated heterocycles. The molecule has 1 heterocycles. The number of carbonyl (C=O) groups excluding carboxylic acids is 1. The number of aromatic hydroxyl groups is 1. The van der Waals surface area contributed by atoms with E-state index in [1.807, 2.05) is 38.3 Å². The van der Waals surface area contributed by atoms with E-state index in [-0.39, 0.29) is 35.6 Å². The third-order valence-electron chi connectivity index (χ3n) is 3.86. The highest BCUT2D eigenvalue weighted by Gasteiger charge is 2.08. The minimum Gasteiger partial charge on any atom is -0.508 e. The number of hydrogen-bond donors (Lipinski definition) is 3. The van der Waals surface area contributed by atoms with E-state index < -0.39 is 0 Å². The third-order valence-corrected chi connectivity index (χ3v) is 3.86. The van der Waals surface area contributed by atoms with Gasteiger partial charge >= 0.3 is 0 Å². The van der Waals surface area contributed by atoms with E-state index in [9.17, 15) is 9.90 Å². The van der Waals surface area contributed by atoms with Crippen LogP contribution in [0.3, 0.4) is 0 Å². The van der Waals surface area contributed by atoms with Crippen LogP contribution < -0.4 is 10.6 Å². The number of halogens is 1. The summed E-state index contributed by atoms with van der Waals surface area (Å²) in [6.45, 7) is 4.64. The van der Waals surface area contributed by atoms with E-state index in [2.05, 4.69) is 20.7 Å². The average molecular weight is 500 g/mol. The zero-order valence-electron chi connectivity index (χ0n) is 16.6. The van der Waals surface area contributed by atoms with Gasteiger partial charge in [0.05, 0.1) is 6.20 Å². The quantitative estimate of drug-likeness (QED) is 0.223. The highest BCUT2D eigenvalue weighted by Crippen LogP contribution is 2.10. The molecule has 0 atom stereocenters. The van der Waals surface area contributed by atoms with Crippen molar-refractivity contribution in [2.24, 2.45) is 12.0 Å². The monoisotopic (exact) mass is 500 g/mol. The van der Waals surface area contributed by atoms with Gasteiger partial charge in [0.1, 0.15) is 5.75 Å². The number of aryl methyl sites for hydroxylation is 1. The van der Waals surface area contributed by atoms with Crippen molar-refractivity contribution in [3.05, 3.63) is 47.8 Å². The largest absolute Gasteiger partial charge is 0.508 e. The van der Waals surface area contributed by atoms with Crippen LogP contribution in [0.25, 0.3) is 0 Å². The Morgan fingerprint density at radius 3 is 2.79 bits per heavy atom. The number of carbonyl (C=O) groups is 1. The number of phenolic OH excluding ortho intramolecular Hbond substituents is 1. The van der Waals surface area contributed by atoms with Gasteiger partial charge < -0.3 is 20.6 Å². The maximum Gasteiger partial charge on any atom is 0.251 e. The molecule has 2 rings (SSSR count). The second kappa shape index (κ2) is 12.2. The summed E-state index contributed by atoms with van der Waals surface area (Å²) >= 11 is 0. The summed E-state index contributed by atoms with van der Waals surface area (Å²) in [5, 5.41) is 19.7. The first kappa shape index (κ1) is 23.7. The molecule has 0 spiro atoms. The summed E-state index contributed by atoms with van der Waals surface area (Å²) in [6, 6.07) is 6.30. The predicted molar refractivity (Wildman–Crippen MR) is 121 cm³/mol. The Morgan fingerprint density at radius 1 is 1.36 bits per heavy atom. The van der Waals surface area contributed by atoms with Crippen LogP contribution in [0.2, 0.25) is 0 Å². The molecule has 0 bridgehead atoms. The Morgan fingerprint density at radius 2 is 2.14 bits per heavy atom. The SMILES string of the molecule is CCNC(=NCCCNC(=O)c1cccc(O)c1)N(C)Cc1cnn(C)c1.I. The molecule has 0 saturated carbocycles. The number of nitrogens with one attached hydrogen (secondary N) is 2. The smallest absolute Gasteiger partial charge is 0.251 e. The van der Waals surface area contributed by atoms with Gasteiger partial charge in [-0.1, -0.05) is 6.07 Å². The fourth-order valence-electron chi connectivity index (χ4n) is 2.59. The molecule has 0 radical (unpaired) electrons. The maximum atomic E-state index is 12.0. The fraction of sp³-hybridized carbons (Fsp3) is 0.421. The number of nitrogens with zero attached hydrogens (tertiary/aromatic N) is 4. The lowest BCUT2D eigenvalue weighted by Crippen LogP contribution is -2.38. The number of aliphatic imine (C=N–C) groups is 1. The topological polar surface area (TPSA) is 94.8 Å². The van der Waals surface area contributed by atoms with Gasteiger partial charge in [0, 0.05) is 57.6 Å². The first-order chi connectivity index (χ1) is 13.0. The molecule has 0 unspecified atom stereocenters. The summed E-state index contributed by atoms with van der Waals surface area (Å²) in [5.41, 5.74) is 1.56. The summed E-state index contributed by atoms with van der Waals surface area (Å²) < 4.78 is 1.78. The minimum atomic E-state index is -0.199. The van der Waals surface area contributed by atoms with Crippen LogP contribution in [0, 0.1) is 0 Å². The van der Waals surface area contributed by atoms with Gasteiger partial charge in [0.2, 0.25) is 0 Å². The Labute approximate surface area is 183 Å². The molecule has 8 nitrogen and oxygen atoms in total. The fourth-order valence-corrected chi connectivity index (χ4v) is 2.59. The van der Waals surface area contributed by atoms with Gasteiger partial charge in [-0.2, -0.15) is 5.10 Å². The molecule has 154 valence electrons. The van der Waals surface area contributed by atoms with Crippen molar-refractivity contribution in [1.29, 1.82) is 0 Å². The average Bonchev–Trinajstić information content (AvgIpc) is 3.05. The van der Waals surface area contributed by atoms with Gasteiger partial charge in [-0.15, -0.1) is 24.0 Å². The van der Waals surface area contributed by atoms with Gasteiger partial charge in [0.25, 0.3) is 5.91 Å². The summed E-state index contributed by atoms with van der Waals surface area (Å²) in [6.07, 6.45) is 4.55. The molecule has 0 aliphatic carbocycles. The van der Waals surface area contributed by atoms with Crippen LogP contribution in [0.15, 0.2) is 41.7 Å². The van der Waals surface area contributed by atoms with Crippen LogP contribution in [0.4, 0.5) is 0 Å². The van der Waals surface area contributed by atoms with Crippen LogP contribution in [0.1, 0.15) is 29.3 Å². The number of hydrogen-bond acceptors (Lipinski definition) is 4. The Hall–Kier alpha value is -2.30. The highest BCUT2D eigenvalue weighted by atomic mass is 127. The minimum absolute atomic E-state index is 0. The van der Waals surface area contributed by atoms with Crippen molar-refractivity contribution in [1.82, 2.24) is 25.3 Å². The molecule has 1 amide bonds. The molecule has 28 heavy (non-hydrogen) atoms. The van der Waals surface area contributed by atoms with Crippen molar-refractivity contribution in [2.75, 3.05) is 26.7 Å². The second-order valence-corrected chi connectivity index (χ2v) is 6.27. The summed E-state index contributed by atoms with van der Waals surface area (Å²) in [5.74, 6) is 0.704. The summed E-state index contributed by atoms with van der Waals surface area (Å²) in [4.78, 5) is 18.7. The van der Waals surface area contributed by atoms with Gasteiger partial charge in [-0.25, -0.2) is 0 Å². The standard InChI is InChI=1S/C19H28N6O2.HI/c1-4-20-19(24(2)13-15-12-23-25(3)14-15)22-10-6-9-21-18(27)16-7-5-8-17(26)11-16;/h5,7-8,11-12,14,26H,4,6,9-10,13H2,1-3H3,(H,20,22)(H,21,27);1H. The molecule has 0 fully saturated rings. The van der Waals surface area contributed by atoms with E-state index in [4.69, 9.17) is 0 Å². The van der Waals surface area contributed by atoms with Crippen LogP contribution >= 0.6 is 24.0 Å². The Kier molecular flexibility index (Phi) is 10.4. The van der Waals surface area contributed by atoms with Crippen LogP contribution in [-0.4, -0.2) is 58.3 Å². The number of aromatic nitrogens is 2. The van der Waals surface area contributed by atoms with Crippen molar-refractivity contribution in [2.45, 2.75) is 19.9 Å². The van der Waals surface area contributed by atoms with Gasteiger partial charge in [-0.3, -0.25) is 14.5 Å². The number of rotatable bonds is 8. The first-order valence-corrected chi connectivity index (χ1v) is 9.03. The predicted octanol–water partition coefficient (Wildman–Crippen LogP) is 1.96. The normalized spacial score (nSPS) is 10.9. The molecule has 1 aromatic heterocycles. The maximum absolute atomic E-state index is 12.0. The van der Waals surface area contributed by atoms with Crippen molar-refractivity contribution < 1.29 is 9.90 Å². The van der Waals surface area contributed by atoms with E-state index >= 15 is 0 Å². The number of phenols is 1. The van der Waals surface area contributed by atoms with Crippen molar-refractivity contribution in [3.63, 3.8) is 0 Å². The van der Waals surface area contributed by atoms with Gasteiger partial charge in [0.15, 0.2) is 5.96 Å². The number of amides is 1. The lowest BCUT2D eigenvalue weighted by Gasteiger charge is -2.21. The van der Waals surface area contributed by atoms with E-state index in [0.29, 0.717) is 25.2 Å². The number of benzene rings is 1. The van der Waals surface area contributed by atoms with Gasteiger partial charge in [-0.05, 0) is 31.5 Å². The molecule has 3 N–H and O–H groups in total. The lowest BCUT2D eigenvalue weighted by atomic mass is 10.2. The number of guanidine groups is 1. The first-order valence-electron chi connectivity index (χ1n) is 9.03. The molecular weight excluding hydrogens is 471 g/mol. The molecule has 2 aromatic rings. The highest BCUT2D eigenvalue weighted by molar-refractivity contribution is 14.0. The Balaban J connectivity index is 0.00000392. The Bertz CT molecular complexity index is 777. The summed E-state index contributed by atoms with van der Waals surface area (Å²) in [7, 11) is 3.88. The van der Waals surface area contributed by atoms with E-state index in [1.165, 1.54) is 12.1 Å². The zero-order chi connectivity index (χ0) is 19.6. The second-order valence-electron chi connectivity index (χ2n) is 6.27. The zero-order valence-corrected chi connectivity index (χ0v) is 18.9. The molecular formula is C19H29IN6O2. The van der Waals surface area contributed by atoms with Crippen molar-refractivity contribution in [3.8, 4) is 5.75 Å². The molecule has 0 aliphatic heterocycles. The third kappa shape index (κ3) is 7.75. The van der Waals surface area contributed by atoms with Crippen LogP contribution in [0.5, 0.6) is 5.75 Å². The lowest BCUT2D eigenvalue weighted by molar-refractivity contribution is 0.0953. The van der Waals surface area contributed by atoms with E-state index in [1.54, 1.807) is 16.8 Å². The van der Waals surface area contributed by atoms with Crippen LogP contribution in [-0.2, 0) is 13.6 Å². The van der Waals surface area contributed by atoms with E-state index in [0.717, 1.165) is 24.5 Å². The molecule has 1 aromatic carbocycles. The molecule has 0 aliphatic rings. The van der Waals surface area contributed by atoms with Crippen molar-refractivity contribution >= 4 is 35.8 Å².